The van der Waals surface area contributed by atoms with Crippen LogP contribution < -0.4 is 13.8 Å². The van der Waals surface area contributed by atoms with Crippen LogP contribution in [-0.4, -0.2) is 83.8 Å². The van der Waals surface area contributed by atoms with E-state index in [0.29, 0.717) is 5.75 Å². The minimum Gasteiger partial charge on any atom is -0.493 e. The van der Waals surface area contributed by atoms with Crippen molar-refractivity contribution in [1.82, 2.24) is 9.80 Å². The third-order valence-electron chi connectivity index (χ3n) is 5.57. The molecule has 0 N–H and O–H groups in total. The van der Waals surface area contributed by atoms with Crippen molar-refractivity contribution in [1.29, 1.82) is 0 Å². The first kappa shape index (κ1) is 27.3. The van der Waals surface area contributed by atoms with Gasteiger partial charge in [0.15, 0.2) is 11.5 Å². The molecule has 1 heterocycles. The van der Waals surface area contributed by atoms with Crippen LogP contribution in [-0.2, 0) is 19.6 Å². The Kier molecular flexibility index (Phi) is 8.85. The van der Waals surface area contributed by atoms with Crippen LogP contribution >= 0.6 is 11.6 Å². The smallest absolute Gasteiger partial charge is 0.409 e. The fourth-order valence-electron chi connectivity index (χ4n) is 3.64. The molecule has 10 nitrogen and oxygen atoms in total. The Bertz CT molecular complexity index is 1220. The molecule has 0 spiro atoms. The molecule has 13 heteroatoms. The van der Waals surface area contributed by atoms with E-state index in [0.717, 1.165) is 16.4 Å². The molecule has 0 radical (unpaired) electrons. The van der Waals surface area contributed by atoms with E-state index in [1.807, 2.05) is 0 Å². The molecule has 1 aliphatic heterocycles. The quantitative estimate of drug-likeness (QED) is 0.504. The Balaban J connectivity index is 1.91. The summed E-state index contributed by atoms with van der Waals surface area (Å²) < 4.78 is 57.4. The lowest BCUT2D eigenvalue weighted by atomic mass is 10.3. The first-order chi connectivity index (χ1) is 17.1. The number of piperazine rings is 1. The normalized spacial score (nSPS) is 13.8. The molecule has 196 valence electrons. The average molecular weight is 544 g/mol. The van der Waals surface area contributed by atoms with Crippen molar-refractivity contribution in [2.45, 2.75) is 11.8 Å². The lowest BCUT2D eigenvalue weighted by molar-refractivity contribution is -0.131. The molecule has 36 heavy (non-hydrogen) atoms. The van der Waals surface area contributed by atoms with Crippen molar-refractivity contribution in [3.05, 3.63) is 47.2 Å². The first-order valence-corrected chi connectivity index (χ1v) is 12.8. The lowest BCUT2D eigenvalue weighted by Gasteiger charge is -2.35. The zero-order chi connectivity index (χ0) is 26.5. The van der Waals surface area contributed by atoms with Gasteiger partial charge in [0, 0.05) is 32.2 Å². The first-order valence-electron chi connectivity index (χ1n) is 11.0. The third-order valence-corrected chi connectivity index (χ3v) is 7.63. The number of amides is 2. The Morgan fingerprint density at radius 2 is 1.64 bits per heavy atom. The van der Waals surface area contributed by atoms with Crippen LogP contribution in [0, 0.1) is 5.82 Å². The van der Waals surface area contributed by atoms with E-state index in [1.165, 1.54) is 48.3 Å². The highest BCUT2D eigenvalue weighted by Gasteiger charge is 2.32. The second-order valence-corrected chi connectivity index (χ2v) is 9.96. The van der Waals surface area contributed by atoms with Crippen molar-refractivity contribution < 1.29 is 36.6 Å². The Hall–Kier alpha value is -3.25. The summed E-state index contributed by atoms with van der Waals surface area (Å²) in [5.41, 5.74) is 0.00898. The molecule has 1 aliphatic rings. The fourth-order valence-corrected chi connectivity index (χ4v) is 5.23. The van der Waals surface area contributed by atoms with Crippen LogP contribution in [0.2, 0.25) is 5.02 Å². The standard InChI is InChI=1S/C23H27ClFN3O7S/c1-4-35-23(30)27-11-9-26(10-12-27)22(29)15-28(16-5-7-19(25)18(24)13-16)36(31,32)17-6-8-20(33-2)21(14-17)34-3/h5-8,13-14H,4,9-12,15H2,1-3H3. The van der Waals surface area contributed by atoms with Gasteiger partial charge in [0.25, 0.3) is 10.0 Å². The van der Waals surface area contributed by atoms with E-state index >= 15 is 0 Å². The highest BCUT2D eigenvalue weighted by molar-refractivity contribution is 7.92. The molecule has 2 aromatic rings. The topological polar surface area (TPSA) is 106 Å². The Labute approximate surface area is 214 Å². The van der Waals surface area contributed by atoms with Crippen molar-refractivity contribution in [2.75, 3.05) is 57.9 Å². The van der Waals surface area contributed by atoms with E-state index in [1.54, 1.807) is 6.92 Å². The number of halogens is 2. The fraction of sp³-hybridized carbons (Fsp3) is 0.391. The molecule has 0 aliphatic carbocycles. The molecule has 2 aromatic carbocycles. The molecule has 0 atom stereocenters. The molecular formula is C23H27ClFN3O7S. The highest BCUT2D eigenvalue weighted by atomic mass is 35.5. The SMILES string of the molecule is CCOC(=O)N1CCN(C(=O)CN(c2ccc(F)c(Cl)c2)S(=O)(=O)c2ccc(OC)c(OC)c2)CC1. The Morgan fingerprint density at radius 3 is 2.22 bits per heavy atom. The maximum Gasteiger partial charge on any atom is 0.409 e. The summed E-state index contributed by atoms with van der Waals surface area (Å²) in [4.78, 5) is 27.9. The zero-order valence-corrected chi connectivity index (χ0v) is 21.6. The van der Waals surface area contributed by atoms with Crippen LogP contribution in [0.3, 0.4) is 0 Å². The van der Waals surface area contributed by atoms with Gasteiger partial charge in [-0.3, -0.25) is 9.10 Å². The molecule has 0 unspecified atom stereocenters. The number of hydrogen-bond acceptors (Lipinski definition) is 7. The monoisotopic (exact) mass is 543 g/mol. The van der Waals surface area contributed by atoms with Gasteiger partial charge in [0.05, 0.1) is 36.4 Å². The number of nitrogens with zero attached hydrogens (tertiary/aromatic N) is 3. The molecule has 2 amide bonds. The summed E-state index contributed by atoms with van der Waals surface area (Å²) in [7, 11) is -1.54. The maximum absolute atomic E-state index is 13.8. The van der Waals surface area contributed by atoms with Crippen LogP contribution in [0.5, 0.6) is 11.5 Å². The second-order valence-electron chi connectivity index (χ2n) is 7.69. The van der Waals surface area contributed by atoms with Crippen LogP contribution in [0.1, 0.15) is 6.92 Å². The molecule has 0 aromatic heterocycles. The van der Waals surface area contributed by atoms with Gasteiger partial charge < -0.3 is 24.0 Å². The molecule has 0 bridgehead atoms. The molecule has 1 fully saturated rings. The molecule has 3 rings (SSSR count). The van der Waals surface area contributed by atoms with Gasteiger partial charge in [-0.2, -0.15) is 0 Å². The number of ether oxygens (including phenoxy) is 3. The van der Waals surface area contributed by atoms with Crippen LogP contribution in [0.25, 0.3) is 0 Å². The summed E-state index contributed by atoms with van der Waals surface area (Å²) in [6, 6.07) is 7.41. The number of carbonyl (C=O) groups excluding carboxylic acids is 2. The number of sulfonamides is 1. The highest BCUT2D eigenvalue weighted by Crippen LogP contribution is 2.33. The van der Waals surface area contributed by atoms with Gasteiger partial charge >= 0.3 is 6.09 Å². The van der Waals surface area contributed by atoms with E-state index in [-0.39, 0.29) is 54.1 Å². The number of carbonyl (C=O) groups is 2. The van der Waals surface area contributed by atoms with Gasteiger partial charge in [-0.15, -0.1) is 0 Å². The minimum atomic E-state index is -4.32. The van der Waals surface area contributed by atoms with E-state index in [4.69, 9.17) is 25.8 Å². The summed E-state index contributed by atoms with van der Waals surface area (Å²) in [6.45, 7) is 2.26. The lowest BCUT2D eigenvalue weighted by Crippen LogP contribution is -2.53. The largest absolute Gasteiger partial charge is 0.493 e. The molecule has 0 saturated carbocycles. The van der Waals surface area contributed by atoms with Gasteiger partial charge in [0.2, 0.25) is 5.91 Å². The van der Waals surface area contributed by atoms with E-state index in [2.05, 4.69) is 0 Å². The summed E-state index contributed by atoms with van der Waals surface area (Å²) in [6.07, 6.45) is -0.469. The van der Waals surface area contributed by atoms with Gasteiger partial charge in [-0.05, 0) is 37.3 Å². The number of hydrogen-bond donors (Lipinski definition) is 0. The number of rotatable bonds is 8. The van der Waals surface area contributed by atoms with Crippen molar-refractivity contribution >= 4 is 39.3 Å². The number of methoxy groups -OCH3 is 2. The van der Waals surface area contributed by atoms with Gasteiger partial charge in [-0.1, -0.05) is 11.6 Å². The average Bonchev–Trinajstić information content (AvgIpc) is 2.88. The zero-order valence-electron chi connectivity index (χ0n) is 20.1. The van der Waals surface area contributed by atoms with Gasteiger partial charge in [0.1, 0.15) is 12.4 Å². The summed E-state index contributed by atoms with van der Waals surface area (Å²) >= 11 is 5.92. The van der Waals surface area contributed by atoms with Crippen LogP contribution in [0.15, 0.2) is 41.3 Å². The van der Waals surface area contributed by atoms with Gasteiger partial charge in [-0.25, -0.2) is 17.6 Å². The summed E-state index contributed by atoms with van der Waals surface area (Å²) in [5.74, 6) is -0.728. The predicted molar refractivity (Wildman–Crippen MR) is 131 cm³/mol. The second kappa shape index (κ2) is 11.7. The summed E-state index contributed by atoms with van der Waals surface area (Å²) in [5, 5.41) is -0.296. The Morgan fingerprint density at radius 1 is 1.00 bits per heavy atom. The van der Waals surface area contributed by atoms with Crippen molar-refractivity contribution in [3.8, 4) is 11.5 Å². The van der Waals surface area contributed by atoms with E-state index in [9.17, 15) is 22.4 Å². The third kappa shape index (κ3) is 5.93. The molecular weight excluding hydrogens is 517 g/mol. The predicted octanol–water partition coefficient (Wildman–Crippen LogP) is 2.99. The maximum atomic E-state index is 13.8. The van der Waals surface area contributed by atoms with Crippen molar-refractivity contribution in [2.24, 2.45) is 0 Å². The van der Waals surface area contributed by atoms with E-state index < -0.39 is 34.4 Å². The van der Waals surface area contributed by atoms with Crippen molar-refractivity contribution in [3.63, 3.8) is 0 Å². The van der Waals surface area contributed by atoms with Crippen LogP contribution in [0.4, 0.5) is 14.9 Å². The minimum absolute atomic E-state index is 0.00898. The number of benzene rings is 2. The number of anilines is 1. The molecule has 1 saturated heterocycles.